The van der Waals surface area contributed by atoms with Crippen LogP contribution in [0.25, 0.3) is 0 Å². The summed E-state index contributed by atoms with van der Waals surface area (Å²) in [7, 11) is 0. The number of phenolic OH excluding ortho intramolecular Hbond substituents is 1. The molecule has 0 aromatic heterocycles. The summed E-state index contributed by atoms with van der Waals surface area (Å²) in [5, 5.41) is 9.94. The lowest BCUT2D eigenvalue weighted by Crippen LogP contribution is -2.34. The minimum Gasteiger partial charge on any atom is -0.506 e. The number of carbonyl (C=O) groups excluding carboxylic acids is 2. The Balaban J connectivity index is 2.31. The Labute approximate surface area is 135 Å². The molecule has 114 valence electrons. The fraction of sp³-hybridized carbons (Fsp3) is 0.0667. The molecule has 2 amide bonds. The van der Waals surface area contributed by atoms with Gasteiger partial charge in [-0.05, 0) is 29.8 Å². The molecule has 0 aliphatic rings. The summed E-state index contributed by atoms with van der Waals surface area (Å²) >= 11 is 3.36. The molecule has 2 aromatic rings. The molecule has 0 saturated heterocycles. The monoisotopic (exact) mass is 364 g/mol. The van der Waals surface area contributed by atoms with E-state index < -0.39 is 6.09 Å². The number of hydrogen-bond donors (Lipinski definition) is 2. The molecule has 0 atom stereocenters. The van der Waals surface area contributed by atoms with Gasteiger partial charge in [-0.25, -0.2) is 4.79 Å². The number of hydroxylamine groups is 1. The van der Waals surface area contributed by atoms with Gasteiger partial charge in [0.2, 0.25) is 6.41 Å². The highest BCUT2D eigenvalue weighted by Gasteiger charge is 2.21. The van der Waals surface area contributed by atoms with E-state index in [-0.39, 0.29) is 24.4 Å². The third-order valence-electron chi connectivity index (χ3n) is 2.82. The van der Waals surface area contributed by atoms with Gasteiger partial charge < -0.3 is 9.94 Å². The Morgan fingerprint density at radius 1 is 1.27 bits per heavy atom. The van der Waals surface area contributed by atoms with Crippen LogP contribution in [-0.2, 0) is 16.2 Å². The Kier molecular flexibility index (Phi) is 5.37. The Hall–Kier alpha value is -2.54. The molecule has 2 N–H and O–H groups in total. The third kappa shape index (κ3) is 3.98. The normalized spacial score (nSPS) is 9.86. The van der Waals surface area contributed by atoms with E-state index in [2.05, 4.69) is 20.8 Å². The molecule has 0 unspecified atom stereocenters. The van der Waals surface area contributed by atoms with Crippen LogP contribution in [0.3, 0.4) is 0 Å². The molecule has 0 aliphatic heterocycles. The molecule has 0 aliphatic carbocycles. The molecular formula is C15H13BrN2O4. The summed E-state index contributed by atoms with van der Waals surface area (Å²) in [6.45, 7) is 0.163. The largest absolute Gasteiger partial charge is 0.506 e. The van der Waals surface area contributed by atoms with E-state index in [1.807, 2.05) is 29.7 Å². The first-order chi connectivity index (χ1) is 10.6. The molecule has 0 heterocycles. The standard InChI is InChI=1S/C15H13BrN2O4/c16-12-5-3-4-11(8-12)9-18(15(21)22-17-10-19)13-6-1-2-7-14(13)20/h1-8,10,20H,9H2,(H,17,19). The number of amides is 2. The average molecular weight is 365 g/mol. The van der Waals surface area contributed by atoms with Gasteiger partial charge in [0.25, 0.3) is 0 Å². The van der Waals surface area contributed by atoms with E-state index >= 15 is 0 Å². The van der Waals surface area contributed by atoms with Gasteiger partial charge in [-0.1, -0.05) is 40.2 Å². The number of phenols is 1. The number of halogens is 1. The van der Waals surface area contributed by atoms with Crippen LogP contribution in [0.1, 0.15) is 5.56 Å². The van der Waals surface area contributed by atoms with Crippen molar-refractivity contribution >= 4 is 34.1 Å². The quantitative estimate of drug-likeness (QED) is 0.631. The van der Waals surface area contributed by atoms with Crippen LogP contribution in [0.15, 0.2) is 53.0 Å². The van der Waals surface area contributed by atoms with Gasteiger partial charge in [0, 0.05) is 4.47 Å². The predicted octanol–water partition coefficient (Wildman–Crippen LogP) is 2.96. The van der Waals surface area contributed by atoms with Crippen LogP contribution in [0.2, 0.25) is 0 Å². The van der Waals surface area contributed by atoms with Gasteiger partial charge in [0.15, 0.2) is 0 Å². The maximum Gasteiger partial charge on any atom is 0.439 e. The fourth-order valence-electron chi connectivity index (χ4n) is 1.89. The maximum atomic E-state index is 12.1. The highest BCUT2D eigenvalue weighted by molar-refractivity contribution is 9.10. The van der Waals surface area contributed by atoms with Crippen molar-refractivity contribution in [3.05, 3.63) is 58.6 Å². The minimum absolute atomic E-state index is 0.0689. The lowest BCUT2D eigenvalue weighted by molar-refractivity contribution is -0.116. The summed E-state index contributed by atoms with van der Waals surface area (Å²) in [4.78, 5) is 28.2. The minimum atomic E-state index is -0.812. The Morgan fingerprint density at radius 3 is 2.73 bits per heavy atom. The van der Waals surface area contributed by atoms with E-state index in [0.29, 0.717) is 0 Å². The molecule has 0 radical (unpaired) electrons. The SMILES string of the molecule is O=CNOC(=O)N(Cc1cccc(Br)c1)c1ccccc1O. The molecule has 0 bridgehead atoms. The number of para-hydroxylation sites is 2. The van der Waals surface area contributed by atoms with Crippen LogP contribution in [0.4, 0.5) is 10.5 Å². The zero-order valence-electron chi connectivity index (χ0n) is 11.4. The van der Waals surface area contributed by atoms with Gasteiger partial charge in [-0.15, -0.1) is 0 Å². The maximum absolute atomic E-state index is 12.1. The summed E-state index contributed by atoms with van der Waals surface area (Å²) < 4.78 is 0.863. The van der Waals surface area contributed by atoms with Crippen molar-refractivity contribution in [1.29, 1.82) is 0 Å². The highest BCUT2D eigenvalue weighted by atomic mass is 79.9. The first kappa shape index (κ1) is 15.8. The molecule has 6 nitrogen and oxygen atoms in total. The summed E-state index contributed by atoms with van der Waals surface area (Å²) in [6.07, 6.45) is -0.561. The van der Waals surface area contributed by atoms with E-state index in [9.17, 15) is 14.7 Å². The topological polar surface area (TPSA) is 78.9 Å². The van der Waals surface area contributed by atoms with Crippen LogP contribution < -0.4 is 10.4 Å². The predicted molar refractivity (Wildman–Crippen MR) is 84.1 cm³/mol. The first-order valence-corrected chi connectivity index (χ1v) is 7.11. The second kappa shape index (κ2) is 7.46. The fourth-order valence-corrected chi connectivity index (χ4v) is 2.33. The number of aromatic hydroxyl groups is 1. The molecular weight excluding hydrogens is 352 g/mol. The molecule has 2 rings (SSSR count). The number of hydrogen-bond acceptors (Lipinski definition) is 4. The molecule has 22 heavy (non-hydrogen) atoms. The van der Waals surface area contributed by atoms with E-state index in [1.54, 1.807) is 18.2 Å². The number of rotatable bonds is 5. The zero-order chi connectivity index (χ0) is 15.9. The lowest BCUT2D eigenvalue weighted by Gasteiger charge is -2.22. The number of anilines is 1. The van der Waals surface area contributed by atoms with E-state index in [0.717, 1.165) is 10.0 Å². The molecule has 0 spiro atoms. The van der Waals surface area contributed by atoms with Crippen molar-refractivity contribution in [2.45, 2.75) is 6.54 Å². The van der Waals surface area contributed by atoms with Crippen LogP contribution in [-0.4, -0.2) is 17.6 Å². The molecule has 2 aromatic carbocycles. The molecule has 0 fully saturated rings. The van der Waals surface area contributed by atoms with E-state index in [4.69, 9.17) is 0 Å². The second-order valence-corrected chi connectivity index (χ2v) is 5.22. The van der Waals surface area contributed by atoms with Crippen molar-refractivity contribution in [2.24, 2.45) is 0 Å². The zero-order valence-corrected chi connectivity index (χ0v) is 13.0. The van der Waals surface area contributed by atoms with Crippen molar-refractivity contribution in [2.75, 3.05) is 4.90 Å². The van der Waals surface area contributed by atoms with Gasteiger partial charge in [0.05, 0.1) is 12.2 Å². The van der Waals surface area contributed by atoms with Gasteiger partial charge in [-0.3, -0.25) is 9.69 Å². The number of benzene rings is 2. The summed E-state index contributed by atoms with van der Waals surface area (Å²) in [5.41, 5.74) is 2.95. The third-order valence-corrected chi connectivity index (χ3v) is 3.31. The van der Waals surface area contributed by atoms with Gasteiger partial charge in [0.1, 0.15) is 5.75 Å². The van der Waals surface area contributed by atoms with Crippen LogP contribution >= 0.6 is 15.9 Å². The van der Waals surface area contributed by atoms with Crippen LogP contribution in [0.5, 0.6) is 5.75 Å². The molecule has 7 heteroatoms. The average Bonchev–Trinajstić information content (AvgIpc) is 2.51. The number of nitrogens with zero attached hydrogens (tertiary/aromatic N) is 1. The molecule has 0 saturated carbocycles. The van der Waals surface area contributed by atoms with Gasteiger partial charge in [-0.2, -0.15) is 5.48 Å². The smallest absolute Gasteiger partial charge is 0.439 e. The number of nitrogens with one attached hydrogen (secondary N) is 1. The van der Waals surface area contributed by atoms with Crippen molar-refractivity contribution in [3.63, 3.8) is 0 Å². The van der Waals surface area contributed by atoms with Crippen molar-refractivity contribution < 1.29 is 19.5 Å². The number of carbonyl (C=O) groups is 2. The highest BCUT2D eigenvalue weighted by Crippen LogP contribution is 2.28. The first-order valence-electron chi connectivity index (χ1n) is 6.32. The van der Waals surface area contributed by atoms with E-state index in [1.165, 1.54) is 11.0 Å². The summed E-state index contributed by atoms with van der Waals surface area (Å²) in [5.74, 6) is -0.0689. The second-order valence-electron chi connectivity index (χ2n) is 4.31. The van der Waals surface area contributed by atoms with Crippen molar-refractivity contribution in [1.82, 2.24) is 5.48 Å². The van der Waals surface area contributed by atoms with Gasteiger partial charge >= 0.3 is 6.09 Å². The Bertz CT molecular complexity index is 678. The lowest BCUT2D eigenvalue weighted by atomic mass is 10.2. The van der Waals surface area contributed by atoms with Crippen molar-refractivity contribution in [3.8, 4) is 5.75 Å². The van der Waals surface area contributed by atoms with Crippen LogP contribution in [0, 0.1) is 0 Å². The summed E-state index contributed by atoms with van der Waals surface area (Å²) in [6, 6.07) is 13.7. The Morgan fingerprint density at radius 2 is 2.05 bits per heavy atom.